The van der Waals surface area contributed by atoms with Crippen molar-refractivity contribution >= 4 is 38.9 Å². The predicted octanol–water partition coefficient (Wildman–Crippen LogP) is 14.9. The van der Waals surface area contributed by atoms with E-state index >= 15 is 0 Å². The van der Waals surface area contributed by atoms with Crippen LogP contribution in [0.3, 0.4) is 0 Å². The molecule has 0 saturated carbocycles. The largest absolute Gasteiger partial charge is 0.310 e. The van der Waals surface area contributed by atoms with Gasteiger partial charge in [-0.25, -0.2) is 0 Å². The van der Waals surface area contributed by atoms with Gasteiger partial charge in [-0.3, -0.25) is 0 Å². The van der Waals surface area contributed by atoms with Gasteiger partial charge in [0, 0.05) is 33.5 Å². The maximum absolute atomic E-state index is 2.37. The molecule has 0 spiro atoms. The van der Waals surface area contributed by atoms with Crippen LogP contribution in [0.2, 0.25) is 0 Å². The minimum atomic E-state index is 1.10. The SMILES string of the molecule is c1ccc(-c2ccc(N(c3ccc(-c4ccccc4)cc3)c3cccc(-c4cccc(-c5ccc(-n6c7ccccc7c7ccccc76)cc5)c4)c3)cc2)cc1. The lowest BCUT2D eigenvalue weighted by atomic mass is 9.98. The predicted molar refractivity (Wildman–Crippen MR) is 237 cm³/mol. The molecule has 0 amide bonds. The number of hydrogen-bond donors (Lipinski definition) is 0. The van der Waals surface area contributed by atoms with Crippen molar-refractivity contribution in [1.82, 2.24) is 4.57 Å². The zero-order valence-corrected chi connectivity index (χ0v) is 30.8. The maximum atomic E-state index is 2.37. The Morgan fingerprint density at radius 1 is 0.250 bits per heavy atom. The van der Waals surface area contributed by atoms with Gasteiger partial charge in [-0.1, -0.05) is 164 Å². The fourth-order valence-electron chi connectivity index (χ4n) is 8.02. The molecule has 0 aliphatic heterocycles. The van der Waals surface area contributed by atoms with Gasteiger partial charge in [-0.15, -0.1) is 0 Å². The van der Waals surface area contributed by atoms with Crippen LogP contribution >= 0.6 is 0 Å². The molecule has 10 aromatic rings. The fraction of sp³-hybridized carbons (Fsp3) is 0. The molecule has 9 aromatic carbocycles. The molecule has 1 heterocycles. The van der Waals surface area contributed by atoms with Crippen molar-refractivity contribution in [3.05, 3.63) is 231 Å². The van der Waals surface area contributed by atoms with Crippen molar-refractivity contribution in [3.63, 3.8) is 0 Å². The van der Waals surface area contributed by atoms with Gasteiger partial charge in [-0.05, 0) is 111 Å². The molecule has 0 aliphatic rings. The second kappa shape index (κ2) is 14.4. The van der Waals surface area contributed by atoms with Gasteiger partial charge >= 0.3 is 0 Å². The first-order valence-electron chi connectivity index (χ1n) is 19.2. The van der Waals surface area contributed by atoms with Crippen LogP contribution in [-0.2, 0) is 0 Å². The topological polar surface area (TPSA) is 8.17 Å². The standard InChI is InChI=1S/C54H38N2/c1-3-13-39(14-4-1)41-25-31-47(32-26-41)55(48-33-27-42(28-34-48)40-15-5-2-6-16-40)50-20-12-19-46(38-50)45-18-11-17-44(37-45)43-29-35-49(36-30-43)56-53-23-9-7-21-51(53)52-22-8-10-24-54(52)56/h1-38H. The summed E-state index contributed by atoms with van der Waals surface area (Å²) in [4.78, 5) is 2.35. The minimum absolute atomic E-state index is 1.10. The summed E-state index contributed by atoms with van der Waals surface area (Å²) in [5, 5.41) is 2.54. The van der Waals surface area contributed by atoms with Gasteiger partial charge in [0.05, 0.1) is 11.0 Å². The highest BCUT2D eigenvalue weighted by atomic mass is 15.1. The average molecular weight is 715 g/mol. The van der Waals surface area contributed by atoms with E-state index in [1.807, 2.05) is 0 Å². The number of hydrogen-bond acceptors (Lipinski definition) is 1. The molecule has 2 nitrogen and oxygen atoms in total. The number of rotatable bonds is 8. The van der Waals surface area contributed by atoms with Crippen LogP contribution in [0.5, 0.6) is 0 Å². The molecule has 56 heavy (non-hydrogen) atoms. The van der Waals surface area contributed by atoms with Gasteiger partial charge < -0.3 is 9.47 Å². The summed E-state index contributed by atoms with van der Waals surface area (Å²) < 4.78 is 2.37. The van der Waals surface area contributed by atoms with E-state index in [4.69, 9.17) is 0 Å². The third kappa shape index (κ3) is 6.24. The molecule has 264 valence electrons. The van der Waals surface area contributed by atoms with E-state index in [-0.39, 0.29) is 0 Å². The van der Waals surface area contributed by atoms with Gasteiger partial charge in [0.2, 0.25) is 0 Å². The molecule has 0 saturated heterocycles. The lowest BCUT2D eigenvalue weighted by Crippen LogP contribution is -2.10. The normalized spacial score (nSPS) is 11.2. The maximum Gasteiger partial charge on any atom is 0.0541 e. The Hall–Kier alpha value is -7.42. The molecule has 10 rings (SSSR count). The average Bonchev–Trinajstić information content (AvgIpc) is 3.62. The van der Waals surface area contributed by atoms with Crippen LogP contribution in [0.1, 0.15) is 0 Å². The van der Waals surface area contributed by atoms with Crippen molar-refractivity contribution < 1.29 is 0 Å². The van der Waals surface area contributed by atoms with Crippen molar-refractivity contribution in [3.8, 4) is 50.2 Å². The lowest BCUT2D eigenvalue weighted by molar-refractivity contribution is 1.18. The molecule has 0 bridgehead atoms. The molecule has 0 N–H and O–H groups in total. The fourth-order valence-corrected chi connectivity index (χ4v) is 8.02. The van der Waals surface area contributed by atoms with Crippen molar-refractivity contribution in [2.24, 2.45) is 0 Å². The summed E-state index contributed by atoms with van der Waals surface area (Å²) in [6, 6.07) is 83.0. The summed E-state index contributed by atoms with van der Waals surface area (Å²) in [7, 11) is 0. The van der Waals surface area contributed by atoms with Crippen LogP contribution in [0, 0.1) is 0 Å². The highest BCUT2D eigenvalue weighted by Crippen LogP contribution is 2.39. The molecule has 0 atom stereocenters. The lowest BCUT2D eigenvalue weighted by Gasteiger charge is -2.26. The Balaban J connectivity index is 0.996. The second-order valence-corrected chi connectivity index (χ2v) is 14.2. The van der Waals surface area contributed by atoms with Crippen LogP contribution < -0.4 is 4.90 Å². The van der Waals surface area contributed by atoms with Crippen molar-refractivity contribution in [2.75, 3.05) is 4.90 Å². The zero-order chi connectivity index (χ0) is 37.3. The highest BCUT2D eigenvalue weighted by Gasteiger charge is 2.16. The van der Waals surface area contributed by atoms with Crippen LogP contribution in [0.25, 0.3) is 72.0 Å². The number of para-hydroxylation sites is 2. The van der Waals surface area contributed by atoms with E-state index < -0.39 is 0 Å². The van der Waals surface area contributed by atoms with Crippen molar-refractivity contribution in [1.29, 1.82) is 0 Å². The van der Waals surface area contributed by atoms with E-state index in [2.05, 4.69) is 240 Å². The van der Waals surface area contributed by atoms with Crippen LogP contribution in [-0.4, -0.2) is 4.57 Å². The monoisotopic (exact) mass is 714 g/mol. The smallest absolute Gasteiger partial charge is 0.0541 e. The number of aromatic nitrogens is 1. The Labute approximate surface area is 327 Å². The van der Waals surface area contributed by atoms with E-state index in [1.54, 1.807) is 0 Å². The highest BCUT2D eigenvalue weighted by molar-refractivity contribution is 6.09. The Morgan fingerprint density at radius 3 is 1.16 bits per heavy atom. The molecule has 2 heteroatoms. The summed E-state index contributed by atoms with van der Waals surface area (Å²) in [5.41, 5.74) is 16.4. The summed E-state index contributed by atoms with van der Waals surface area (Å²) in [5.74, 6) is 0. The van der Waals surface area contributed by atoms with Gasteiger partial charge in [0.1, 0.15) is 0 Å². The van der Waals surface area contributed by atoms with Crippen LogP contribution in [0.15, 0.2) is 231 Å². The van der Waals surface area contributed by atoms with Crippen LogP contribution in [0.4, 0.5) is 17.1 Å². The Kier molecular flexibility index (Phi) is 8.55. The molecule has 0 unspecified atom stereocenters. The number of nitrogens with zero attached hydrogens (tertiary/aromatic N) is 2. The molecule has 0 fully saturated rings. The molecular weight excluding hydrogens is 677 g/mol. The Bertz CT molecular complexity index is 2790. The summed E-state index contributed by atoms with van der Waals surface area (Å²) >= 11 is 0. The Morgan fingerprint density at radius 2 is 0.625 bits per heavy atom. The summed E-state index contributed by atoms with van der Waals surface area (Å²) in [6.45, 7) is 0. The van der Waals surface area contributed by atoms with E-state index in [9.17, 15) is 0 Å². The molecular formula is C54H38N2. The first-order chi connectivity index (χ1) is 27.8. The van der Waals surface area contributed by atoms with E-state index in [0.717, 1.165) is 28.3 Å². The molecule has 0 aliphatic carbocycles. The minimum Gasteiger partial charge on any atom is -0.310 e. The van der Waals surface area contributed by atoms with E-state index in [0.29, 0.717) is 0 Å². The number of fused-ring (bicyclic) bond motifs is 3. The first-order valence-corrected chi connectivity index (χ1v) is 19.2. The molecule has 0 radical (unpaired) electrons. The van der Waals surface area contributed by atoms with Gasteiger partial charge in [0.25, 0.3) is 0 Å². The quantitative estimate of drug-likeness (QED) is 0.152. The summed E-state index contributed by atoms with van der Waals surface area (Å²) in [6.07, 6.45) is 0. The zero-order valence-electron chi connectivity index (χ0n) is 30.8. The number of benzene rings is 9. The molecule has 1 aromatic heterocycles. The number of anilines is 3. The van der Waals surface area contributed by atoms with Gasteiger partial charge in [-0.2, -0.15) is 0 Å². The van der Waals surface area contributed by atoms with Crippen molar-refractivity contribution in [2.45, 2.75) is 0 Å². The van der Waals surface area contributed by atoms with E-state index in [1.165, 1.54) is 60.8 Å². The first kappa shape index (κ1) is 33.2. The third-order valence-electron chi connectivity index (χ3n) is 10.8. The third-order valence-corrected chi connectivity index (χ3v) is 10.8. The second-order valence-electron chi connectivity index (χ2n) is 14.2. The van der Waals surface area contributed by atoms with Gasteiger partial charge in [0.15, 0.2) is 0 Å².